The van der Waals surface area contributed by atoms with Crippen LogP contribution in [0.2, 0.25) is 0 Å². The molecule has 0 bridgehead atoms. The molecule has 0 unspecified atom stereocenters. The number of hydrogen-bond acceptors (Lipinski definition) is 2. The van der Waals surface area contributed by atoms with Gasteiger partial charge in [0.05, 0.1) is 11.4 Å². The zero-order valence-corrected chi connectivity index (χ0v) is 13.0. The lowest BCUT2D eigenvalue weighted by Crippen LogP contribution is -2.10. The third kappa shape index (κ3) is 3.06. The van der Waals surface area contributed by atoms with Crippen LogP contribution in [0.4, 0.5) is 13.2 Å². The Balaban J connectivity index is 2.07. The van der Waals surface area contributed by atoms with Crippen LogP contribution in [0, 0.1) is 0 Å². The summed E-state index contributed by atoms with van der Waals surface area (Å²) >= 11 is 0. The summed E-state index contributed by atoms with van der Waals surface area (Å²) in [5.74, 6) is 0. The van der Waals surface area contributed by atoms with Crippen LogP contribution < -0.4 is 0 Å². The molecule has 3 nitrogen and oxygen atoms in total. The number of halogens is 3. The van der Waals surface area contributed by atoms with E-state index < -0.39 is 11.9 Å². The van der Waals surface area contributed by atoms with Crippen molar-refractivity contribution < 1.29 is 13.2 Å². The number of hydrogen-bond donors (Lipinski definition) is 1. The first-order chi connectivity index (χ1) is 10.6. The summed E-state index contributed by atoms with van der Waals surface area (Å²) in [5, 5.41) is 7.59. The predicted octanol–water partition coefficient (Wildman–Crippen LogP) is 4.94. The standard InChI is InChI=1S/C17H16F3N3/c1-16(2,3)12-5-4-10-9-21-13(7-11(10)6-12)14-8-15(23-22-14)17(18,19)20/h4-9H,1-3H3,(H,22,23). The van der Waals surface area contributed by atoms with Crippen molar-refractivity contribution >= 4 is 10.8 Å². The average Bonchev–Trinajstić information content (AvgIpc) is 2.95. The van der Waals surface area contributed by atoms with Crippen molar-refractivity contribution in [2.45, 2.75) is 32.4 Å². The molecule has 2 heterocycles. The lowest BCUT2D eigenvalue weighted by atomic mass is 9.86. The van der Waals surface area contributed by atoms with Crippen molar-refractivity contribution in [3.8, 4) is 11.4 Å². The maximum Gasteiger partial charge on any atom is 0.435 e. The number of aromatic nitrogens is 3. The maximum atomic E-state index is 12.7. The molecule has 2 aromatic heterocycles. The Hall–Kier alpha value is -2.37. The molecule has 1 aromatic carbocycles. The molecule has 23 heavy (non-hydrogen) atoms. The first-order valence-electron chi connectivity index (χ1n) is 7.18. The summed E-state index contributed by atoms with van der Waals surface area (Å²) in [6, 6.07) is 8.81. The van der Waals surface area contributed by atoms with E-state index in [0.29, 0.717) is 5.69 Å². The third-order valence-corrected chi connectivity index (χ3v) is 3.73. The lowest BCUT2D eigenvalue weighted by Gasteiger charge is -2.19. The van der Waals surface area contributed by atoms with E-state index in [1.807, 2.05) is 18.2 Å². The molecule has 0 saturated heterocycles. The monoisotopic (exact) mass is 319 g/mol. The summed E-state index contributed by atoms with van der Waals surface area (Å²) in [6.07, 6.45) is -2.81. The molecule has 0 fully saturated rings. The molecule has 0 radical (unpaired) electrons. The average molecular weight is 319 g/mol. The molecule has 0 spiro atoms. The van der Waals surface area contributed by atoms with Gasteiger partial charge in [-0.2, -0.15) is 18.3 Å². The topological polar surface area (TPSA) is 41.6 Å². The number of alkyl halides is 3. The highest BCUT2D eigenvalue weighted by molar-refractivity contribution is 5.85. The fourth-order valence-electron chi connectivity index (χ4n) is 2.35. The summed E-state index contributed by atoms with van der Waals surface area (Å²) in [5.41, 5.74) is 0.891. The normalized spacial score (nSPS) is 12.8. The molecule has 0 aliphatic carbocycles. The first-order valence-corrected chi connectivity index (χ1v) is 7.18. The van der Waals surface area contributed by atoms with Crippen molar-refractivity contribution in [3.05, 3.63) is 47.8 Å². The number of pyridine rings is 1. The van der Waals surface area contributed by atoms with Gasteiger partial charge in [0.2, 0.25) is 0 Å². The van der Waals surface area contributed by atoms with Crippen molar-refractivity contribution in [2.75, 3.05) is 0 Å². The molecule has 0 atom stereocenters. The zero-order chi connectivity index (χ0) is 16.8. The van der Waals surface area contributed by atoms with E-state index in [9.17, 15) is 13.2 Å². The van der Waals surface area contributed by atoms with Crippen LogP contribution in [0.15, 0.2) is 36.5 Å². The van der Waals surface area contributed by atoms with Gasteiger partial charge in [-0.3, -0.25) is 10.1 Å². The molecular weight excluding hydrogens is 303 g/mol. The second-order valence-corrected chi connectivity index (χ2v) is 6.55. The van der Waals surface area contributed by atoms with Crippen LogP contribution in [-0.2, 0) is 11.6 Å². The molecule has 0 saturated carbocycles. The van der Waals surface area contributed by atoms with Gasteiger partial charge in [-0.15, -0.1) is 0 Å². The predicted molar refractivity (Wildman–Crippen MR) is 83.0 cm³/mol. The maximum absolute atomic E-state index is 12.7. The molecule has 3 aromatic rings. The van der Waals surface area contributed by atoms with Crippen LogP contribution in [0.5, 0.6) is 0 Å². The first kappa shape index (κ1) is 15.5. The van der Waals surface area contributed by atoms with Crippen LogP contribution in [0.25, 0.3) is 22.2 Å². The molecule has 6 heteroatoms. The zero-order valence-electron chi connectivity index (χ0n) is 13.0. The van der Waals surface area contributed by atoms with Crippen LogP contribution in [0.1, 0.15) is 32.0 Å². The Morgan fingerprint density at radius 2 is 1.70 bits per heavy atom. The van der Waals surface area contributed by atoms with Crippen LogP contribution in [-0.4, -0.2) is 15.2 Å². The molecule has 0 aliphatic rings. The van der Waals surface area contributed by atoms with E-state index in [1.54, 1.807) is 12.3 Å². The van der Waals surface area contributed by atoms with E-state index in [0.717, 1.165) is 22.4 Å². The second kappa shape index (κ2) is 5.08. The summed E-state index contributed by atoms with van der Waals surface area (Å²) in [7, 11) is 0. The number of aromatic amines is 1. The summed E-state index contributed by atoms with van der Waals surface area (Å²) in [4.78, 5) is 4.23. The smallest absolute Gasteiger partial charge is 0.276 e. The van der Waals surface area contributed by atoms with E-state index in [2.05, 4.69) is 36.0 Å². The van der Waals surface area contributed by atoms with Gasteiger partial charge in [-0.1, -0.05) is 39.0 Å². The molecule has 0 aliphatic heterocycles. The highest BCUT2D eigenvalue weighted by Gasteiger charge is 2.34. The number of fused-ring (bicyclic) bond motifs is 1. The third-order valence-electron chi connectivity index (χ3n) is 3.73. The van der Waals surface area contributed by atoms with Gasteiger partial charge in [0.1, 0.15) is 0 Å². The number of nitrogens with zero attached hydrogens (tertiary/aromatic N) is 2. The lowest BCUT2D eigenvalue weighted by molar-refractivity contribution is -0.141. The second-order valence-electron chi connectivity index (χ2n) is 6.55. The quantitative estimate of drug-likeness (QED) is 0.690. The minimum Gasteiger partial charge on any atom is -0.276 e. The van der Waals surface area contributed by atoms with Gasteiger partial charge in [-0.25, -0.2) is 0 Å². The molecule has 120 valence electrons. The van der Waals surface area contributed by atoms with E-state index >= 15 is 0 Å². The number of H-pyrrole nitrogens is 1. The summed E-state index contributed by atoms with van der Waals surface area (Å²) < 4.78 is 38.0. The Bertz CT molecular complexity index is 857. The Morgan fingerprint density at radius 1 is 0.957 bits per heavy atom. The van der Waals surface area contributed by atoms with Gasteiger partial charge in [0.25, 0.3) is 0 Å². The number of rotatable bonds is 1. The minimum atomic E-state index is -4.47. The van der Waals surface area contributed by atoms with E-state index in [1.165, 1.54) is 0 Å². The summed E-state index contributed by atoms with van der Waals surface area (Å²) in [6.45, 7) is 6.34. The number of nitrogens with one attached hydrogen (secondary N) is 1. The molecule has 3 rings (SSSR count). The molecule has 1 N–H and O–H groups in total. The fourth-order valence-corrected chi connectivity index (χ4v) is 2.35. The van der Waals surface area contributed by atoms with Crippen molar-refractivity contribution in [3.63, 3.8) is 0 Å². The van der Waals surface area contributed by atoms with E-state index in [4.69, 9.17) is 0 Å². The minimum absolute atomic E-state index is 0.00490. The van der Waals surface area contributed by atoms with Gasteiger partial charge >= 0.3 is 6.18 Å². The molecular formula is C17H16F3N3. The van der Waals surface area contributed by atoms with Crippen LogP contribution in [0.3, 0.4) is 0 Å². The highest BCUT2D eigenvalue weighted by Crippen LogP contribution is 2.31. The van der Waals surface area contributed by atoms with Gasteiger partial charge < -0.3 is 0 Å². The largest absolute Gasteiger partial charge is 0.435 e. The fraction of sp³-hybridized carbons (Fsp3) is 0.294. The van der Waals surface area contributed by atoms with Gasteiger partial charge in [-0.05, 0) is 28.5 Å². The van der Waals surface area contributed by atoms with Gasteiger partial charge in [0.15, 0.2) is 5.69 Å². The Morgan fingerprint density at radius 3 is 2.30 bits per heavy atom. The van der Waals surface area contributed by atoms with Crippen molar-refractivity contribution in [1.82, 2.24) is 15.2 Å². The molecule has 0 amide bonds. The number of benzene rings is 1. The Kier molecular flexibility index (Phi) is 3.43. The Labute approximate surface area is 131 Å². The van der Waals surface area contributed by atoms with Crippen molar-refractivity contribution in [1.29, 1.82) is 0 Å². The van der Waals surface area contributed by atoms with Crippen molar-refractivity contribution in [2.24, 2.45) is 0 Å². The van der Waals surface area contributed by atoms with E-state index in [-0.39, 0.29) is 11.1 Å². The van der Waals surface area contributed by atoms with Gasteiger partial charge in [0, 0.05) is 11.6 Å². The van der Waals surface area contributed by atoms with Crippen LogP contribution >= 0.6 is 0 Å². The highest BCUT2D eigenvalue weighted by atomic mass is 19.4. The SMILES string of the molecule is CC(C)(C)c1ccc2cnc(-c3cc(C(F)(F)F)n[nH]3)cc2c1.